The molecule has 17 heavy (non-hydrogen) atoms. The van der Waals surface area contributed by atoms with E-state index in [1.807, 2.05) is 5.32 Å². The van der Waals surface area contributed by atoms with Crippen molar-refractivity contribution in [3.8, 4) is 0 Å². The average molecular weight is 266 g/mol. The molecule has 0 saturated heterocycles. The summed E-state index contributed by atoms with van der Waals surface area (Å²) in [5.41, 5.74) is 0.588. The Morgan fingerprint density at radius 3 is 2.35 bits per heavy atom. The molecule has 0 bridgehead atoms. The van der Waals surface area contributed by atoms with Gasteiger partial charge in [-0.05, 0) is 24.4 Å². The summed E-state index contributed by atoms with van der Waals surface area (Å²) < 4.78 is 48.8. The quantitative estimate of drug-likeness (QED) is 0.647. The first kappa shape index (κ1) is 13.7. The molecular formula is C10H10F4N2S. The van der Waals surface area contributed by atoms with E-state index in [9.17, 15) is 17.6 Å². The fourth-order valence-electron chi connectivity index (χ4n) is 0.972. The predicted molar refractivity (Wildman–Crippen MR) is 61.6 cm³/mol. The first-order chi connectivity index (χ1) is 7.92. The fourth-order valence-corrected chi connectivity index (χ4v) is 1.16. The molecule has 0 aliphatic rings. The van der Waals surface area contributed by atoms with Crippen molar-refractivity contribution >= 4 is 23.0 Å². The number of alkyl halides is 4. The molecule has 7 heteroatoms. The standard InChI is InChI=1S/C10H10F4N2S/c11-8(12)10(13,14)6-15-9(17)16-7-4-2-1-3-5-7/h1-5,8H,6H2,(H2,15,16,17). The zero-order chi connectivity index (χ0) is 12.9. The van der Waals surface area contributed by atoms with Gasteiger partial charge in [0.2, 0.25) is 0 Å². The third-order valence-corrected chi connectivity index (χ3v) is 2.08. The van der Waals surface area contributed by atoms with Gasteiger partial charge in [-0.15, -0.1) is 0 Å². The van der Waals surface area contributed by atoms with Gasteiger partial charge in [-0.3, -0.25) is 0 Å². The third-order valence-electron chi connectivity index (χ3n) is 1.84. The van der Waals surface area contributed by atoms with Gasteiger partial charge in [0.1, 0.15) is 0 Å². The Morgan fingerprint density at radius 2 is 1.82 bits per heavy atom. The summed E-state index contributed by atoms with van der Waals surface area (Å²) in [6.45, 7) is -1.21. The number of hydrogen-bond acceptors (Lipinski definition) is 1. The van der Waals surface area contributed by atoms with E-state index in [4.69, 9.17) is 12.2 Å². The molecule has 0 saturated carbocycles. The maximum Gasteiger partial charge on any atom is 0.324 e. The van der Waals surface area contributed by atoms with E-state index < -0.39 is 18.9 Å². The van der Waals surface area contributed by atoms with Crippen molar-refractivity contribution < 1.29 is 17.6 Å². The summed E-state index contributed by atoms with van der Waals surface area (Å²) in [6.07, 6.45) is -3.71. The lowest BCUT2D eigenvalue weighted by atomic mass is 10.3. The van der Waals surface area contributed by atoms with Crippen molar-refractivity contribution in [1.29, 1.82) is 0 Å². The highest BCUT2D eigenvalue weighted by Crippen LogP contribution is 2.21. The van der Waals surface area contributed by atoms with Crippen molar-refractivity contribution in [3.05, 3.63) is 30.3 Å². The molecule has 1 aromatic rings. The Labute approximate surface area is 101 Å². The van der Waals surface area contributed by atoms with Crippen molar-refractivity contribution in [2.45, 2.75) is 12.3 Å². The van der Waals surface area contributed by atoms with Crippen molar-refractivity contribution in [2.75, 3.05) is 11.9 Å². The van der Waals surface area contributed by atoms with Gasteiger partial charge in [-0.25, -0.2) is 8.78 Å². The summed E-state index contributed by atoms with van der Waals surface area (Å²) in [4.78, 5) is 0. The first-order valence-corrected chi connectivity index (χ1v) is 5.08. The van der Waals surface area contributed by atoms with Crippen LogP contribution in [-0.4, -0.2) is 24.0 Å². The van der Waals surface area contributed by atoms with Crippen LogP contribution in [0, 0.1) is 0 Å². The zero-order valence-corrected chi connectivity index (χ0v) is 9.41. The normalized spacial score (nSPS) is 11.4. The summed E-state index contributed by atoms with van der Waals surface area (Å²) in [7, 11) is 0. The smallest absolute Gasteiger partial charge is 0.324 e. The van der Waals surface area contributed by atoms with Crippen LogP contribution in [0.1, 0.15) is 0 Å². The number of halogens is 4. The maximum atomic E-state index is 12.5. The van der Waals surface area contributed by atoms with Gasteiger partial charge < -0.3 is 10.6 Å². The van der Waals surface area contributed by atoms with E-state index in [0.717, 1.165) is 0 Å². The number of thiocarbonyl (C=S) groups is 1. The van der Waals surface area contributed by atoms with Crippen LogP contribution in [-0.2, 0) is 0 Å². The average Bonchev–Trinajstić information content (AvgIpc) is 2.28. The highest BCUT2D eigenvalue weighted by Gasteiger charge is 2.40. The number of anilines is 1. The number of rotatable bonds is 4. The molecule has 0 aliphatic carbocycles. The minimum Gasteiger partial charge on any atom is -0.356 e. The number of benzene rings is 1. The van der Waals surface area contributed by atoms with E-state index in [-0.39, 0.29) is 5.11 Å². The van der Waals surface area contributed by atoms with Gasteiger partial charge in [0, 0.05) is 5.69 Å². The van der Waals surface area contributed by atoms with Crippen LogP contribution in [0.25, 0.3) is 0 Å². The zero-order valence-electron chi connectivity index (χ0n) is 8.59. The van der Waals surface area contributed by atoms with Crippen LogP contribution >= 0.6 is 12.2 Å². The molecule has 0 heterocycles. The van der Waals surface area contributed by atoms with Gasteiger partial charge >= 0.3 is 12.3 Å². The summed E-state index contributed by atoms with van der Waals surface area (Å²) >= 11 is 4.69. The fraction of sp³-hybridized carbons (Fsp3) is 0.300. The molecule has 2 N–H and O–H groups in total. The SMILES string of the molecule is FC(F)C(F)(F)CNC(=S)Nc1ccccc1. The molecule has 0 spiro atoms. The topological polar surface area (TPSA) is 24.1 Å². The van der Waals surface area contributed by atoms with Crippen molar-refractivity contribution in [1.82, 2.24) is 5.32 Å². The molecule has 1 aromatic carbocycles. The molecular weight excluding hydrogens is 256 g/mol. The van der Waals surface area contributed by atoms with E-state index >= 15 is 0 Å². The van der Waals surface area contributed by atoms with Crippen LogP contribution in [0.15, 0.2) is 30.3 Å². The second-order valence-electron chi connectivity index (χ2n) is 3.24. The van der Waals surface area contributed by atoms with Crippen LogP contribution in [0.4, 0.5) is 23.2 Å². The Kier molecular flexibility index (Phi) is 4.68. The molecule has 0 radical (unpaired) electrons. The predicted octanol–water partition coefficient (Wildman–Crippen LogP) is 2.87. The lowest BCUT2D eigenvalue weighted by Crippen LogP contribution is -2.42. The third kappa shape index (κ3) is 4.56. The summed E-state index contributed by atoms with van der Waals surface area (Å²) in [5, 5.41) is 4.51. The summed E-state index contributed by atoms with van der Waals surface area (Å²) in [5.74, 6) is -4.09. The molecule has 1 rings (SSSR count). The van der Waals surface area contributed by atoms with E-state index in [1.54, 1.807) is 30.3 Å². The van der Waals surface area contributed by atoms with Gasteiger partial charge in [0.15, 0.2) is 5.11 Å². The monoisotopic (exact) mass is 266 g/mol. The van der Waals surface area contributed by atoms with Crippen molar-refractivity contribution in [2.24, 2.45) is 0 Å². The number of nitrogens with one attached hydrogen (secondary N) is 2. The van der Waals surface area contributed by atoms with Crippen molar-refractivity contribution in [3.63, 3.8) is 0 Å². The maximum absolute atomic E-state index is 12.5. The van der Waals surface area contributed by atoms with Gasteiger partial charge in [-0.1, -0.05) is 18.2 Å². The van der Waals surface area contributed by atoms with E-state index in [1.165, 1.54) is 0 Å². The van der Waals surface area contributed by atoms with E-state index in [0.29, 0.717) is 5.69 Å². The number of hydrogen-bond donors (Lipinski definition) is 2. The molecule has 0 atom stereocenters. The Bertz CT molecular complexity index is 370. The molecule has 0 fully saturated rings. The second-order valence-corrected chi connectivity index (χ2v) is 3.64. The molecule has 0 aliphatic heterocycles. The Morgan fingerprint density at radius 1 is 1.24 bits per heavy atom. The highest BCUT2D eigenvalue weighted by molar-refractivity contribution is 7.80. The molecule has 2 nitrogen and oxygen atoms in total. The first-order valence-electron chi connectivity index (χ1n) is 4.67. The lowest BCUT2D eigenvalue weighted by molar-refractivity contribution is -0.122. The Hall–Kier alpha value is -1.37. The van der Waals surface area contributed by atoms with E-state index in [2.05, 4.69) is 5.32 Å². The molecule has 0 amide bonds. The van der Waals surface area contributed by atoms with Crippen LogP contribution < -0.4 is 10.6 Å². The molecule has 94 valence electrons. The van der Waals surface area contributed by atoms with Gasteiger partial charge in [0.25, 0.3) is 0 Å². The number of para-hydroxylation sites is 1. The molecule has 0 unspecified atom stereocenters. The second kappa shape index (κ2) is 5.81. The van der Waals surface area contributed by atoms with Crippen LogP contribution in [0.5, 0.6) is 0 Å². The largest absolute Gasteiger partial charge is 0.356 e. The van der Waals surface area contributed by atoms with Crippen LogP contribution in [0.3, 0.4) is 0 Å². The highest BCUT2D eigenvalue weighted by atomic mass is 32.1. The van der Waals surface area contributed by atoms with Gasteiger partial charge in [0.05, 0.1) is 6.54 Å². The molecule has 0 aromatic heterocycles. The lowest BCUT2D eigenvalue weighted by Gasteiger charge is -2.17. The minimum atomic E-state index is -4.09. The minimum absolute atomic E-state index is 0.128. The Balaban J connectivity index is 2.41. The summed E-state index contributed by atoms with van der Waals surface area (Å²) in [6, 6.07) is 8.54. The van der Waals surface area contributed by atoms with Gasteiger partial charge in [-0.2, -0.15) is 8.78 Å². The van der Waals surface area contributed by atoms with Crippen LogP contribution in [0.2, 0.25) is 0 Å².